The second kappa shape index (κ2) is 8.73. The lowest BCUT2D eigenvalue weighted by atomic mass is 10.2. The molecule has 3 aromatic rings. The molecule has 2 N–H and O–H groups in total. The van der Waals surface area contributed by atoms with Crippen LogP contribution in [0.1, 0.15) is 27.9 Å². The molecule has 6 nitrogen and oxygen atoms in total. The fraction of sp³-hybridized carbons (Fsp3) is 0.300. The van der Waals surface area contributed by atoms with Crippen LogP contribution in [0.4, 0.5) is 4.79 Å². The summed E-state index contributed by atoms with van der Waals surface area (Å²) >= 11 is 1.66. The average Bonchev–Trinajstić information content (AvgIpc) is 3.31. The number of hydrogen-bond donors (Lipinski definition) is 2. The number of benzene rings is 1. The second-order valence-electron chi connectivity index (χ2n) is 6.31. The number of rotatable bonds is 7. The molecule has 7 heteroatoms. The molecule has 2 aromatic heterocycles. The van der Waals surface area contributed by atoms with Gasteiger partial charge in [-0.2, -0.15) is 5.10 Å². The van der Waals surface area contributed by atoms with Crippen molar-refractivity contribution >= 4 is 17.4 Å². The van der Waals surface area contributed by atoms with Gasteiger partial charge >= 0.3 is 6.03 Å². The highest BCUT2D eigenvalue weighted by molar-refractivity contribution is 7.10. The molecule has 0 bridgehead atoms. The van der Waals surface area contributed by atoms with Gasteiger partial charge in [-0.25, -0.2) is 4.79 Å². The van der Waals surface area contributed by atoms with Crippen LogP contribution in [0, 0.1) is 13.8 Å². The Hall–Kier alpha value is -2.80. The zero-order valence-electron chi connectivity index (χ0n) is 15.7. The fourth-order valence-electron chi connectivity index (χ4n) is 2.93. The van der Waals surface area contributed by atoms with E-state index < -0.39 is 0 Å². The molecule has 1 atom stereocenters. The van der Waals surface area contributed by atoms with E-state index in [0.29, 0.717) is 13.1 Å². The van der Waals surface area contributed by atoms with Crippen LogP contribution >= 0.6 is 11.3 Å². The maximum Gasteiger partial charge on any atom is 0.315 e. The normalized spacial score (nSPS) is 11.8. The van der Waals surface area contributed by atoms with E-state index in [1.807, 2.05) is 60.3 Å². The monoisotopic (exact) mass is 384 g/mol. The summed E-state index contributed by atoms with van der Waals surface area (Å²) in [4.78, 5) is 13.4. The van der Waals surface area contributed by atoms with E-state index in [1.54, 1.807) is 18.4 Å². The SMILES string of the molecule is COc1ccc(CNC(=O)NCC(c2cccs2)n2nc(C)cc2C)cc1. The van der Waals surface area contributed by atoms with E-state index in [4.69, 9.17) is 4.74 Å². The molecule has 27 heavy (non-hydrogen) atoms. The highest BCUT2D eigenvalue weighted by Crippen LogP contribution is 2.24. The Morgan fingerprint density at radius 1 is 1.22 bits per heavy atom. The first-order chi connectivity index (χ1) is 13.1. The number of carbonyl (C=O) groups is 1. The topological polar surface area (TPSA) is 68.2 Å². The maximum absolute atomic E-state index is 12.3. The van der Waals surface area contributed by atoms with E-state index in [2.05, 4.69) is 21.8 Å². The van der Waals surface area contributed by atoms with Crippen molar-refractivity contribution in [3.63, 3.8) is 0 Å². The third kappa shape index (κ3) is 4.89. The van der Waals surface area contributed by atoms with Crippen LogP contribution in [0.3, 0.4) is 0 Å². The third-order valence-corrected chi connectivity index (χ3v) is 5.25. The van der Waals surface area contributed by atoms with Crippen LogP contribution in [0.15, 0.2) is 47.8 Å². The summed E-state index contributed by atoms with van der Waals surface area (Å²) in [6.07, 6.45) is 0. The molecule has 142 valence electrons. The van der Waals surface area contributed by atoms with Gasteiger partial charge in [0.2, 0.25) is 0 Å². The van der Waals surface area contributed by atoms with Gasteiger partial charge in [-0.3, -0.25) is 4.68 Å². The molecule has 0 saturated heterocycles. The highest BCUT2D eigenvalue weighted by atomic mass is 32.1. The second-order valence-corrected chi connectivity index (χ2v) is 7.29. The molecular formula is C20H24N4O2S. The van der Waals surface area contributed by atoms with Gasteiger partial charge in [0.05, 0.1) is 12.8 Å². The molecule has 0 radical (unpaired) electrons. The number of aryl methyl sites for hydroxylation is 2. The summed E-state index contributed by atoms with van der Waals surface area (Å²) in [6.45, 7) is 4.94. The summed E-state index contributed by atoms with van der Waals surface area (Å²) < 4.78 is 7.12. The predicted molar refractivity (Wildman–Crippen MR) is 107 cm³/mol. The van der Waals surface area contributed by atoms with Gasteiger partial charge < -0.3 is 15.4 Å². The number of methoxy groups -OCH3 is 1. The van der Waals surface area contributed by atoms with Crippen LogP contribution in [-0.2, 0) is 6.54 Å². The van der Waals surface area contributed by atoms with Crippen molar-refractivity contribution in [2.75, 3.05) is 13.7 Å². The first-order valence-electron chi connectivity index (χ1n) is 8.77. The quantitative estimate of drug-likeness (QED) is 0.653. The minimum Gasteiger partial charge on any atom is -0.497 e. The third-order valence-electron chi connectivity index (χ3n) is 4.28. The molecule has 1 aromatic carbocycles. The van der Waals surface area contributed by atoms with Crippen LogP contribution < -0.4 is 15.4 Å². The lowest BCUT2D eigenvalue weighted by Gasteiger charge is -2.19. The molecular weight excluding hydrogens is 360 g/mol. The van der Waals surface area contributed by atoms with Crippen LogP contribution in [0.5, 0.6) is 5.75 Å². The molecule has 0 saturated carbocycles. The lowest BCUT2D eigenvalue weighted by molar-refractivity contribution is 0.239. The molecule has 0 fully saturated rings. The summed E-state index contributed by atoms with van der Waals surface area (Å²) in [7, 11) is 1.63. The Morgan fingerprint density at radius 2 is 2.00 bits per heavy atom. The zero-order valence-corrected chi connectivity index (χ0v) is 16.5. The van der Waals surface area contributed by atoms with Crippen molar-refractivity contribution in [2.45, 2.75) is 26.4 Å². The minimum absolute atomic E-state index is 0.0227. The Labute approximate surface area is 163 Å². The maximum atomic E-state index is 12.3. The zero-order chi connectivity index (χ0) is 19.2. The summed E-state index contributed by atoms with van der Waals surface area (Å²) in [5.74, 6) is 0.798. The van der Waals surface area contributed by atoms with Crippen molar-refractivity contribution in [1.82, 2.24) is 20.4 Å². The van der Waals surface area contributed by atoms with Gasteiger partial charge in [-0.05, 0) is 49.1 Å². The number of carbonyl (C=O) groups excluding carboxylic acids is 1. The van der Waals surface area contributed by atoms with Gasteiger partial charge in [0, 0.05) is 23.7 Å². The van der Waals surface area contributed by atoms with Crippen molar-refractivity contribution in [1.29, 1.82) is 0 Å². The van der Waals surface area contributed by atoms with E-state index in [1.165, 1.54) is 0 Å². The number of nitrogens with one attached hydrogen (secondary N) is 2. The molecule has 2 amide bonds. The molecule has 2 heterocycles. The Morgan fingerprint density at radius 3 is 2.59 bits per heavy atom. The van der Waals surface area contributed by atoms with Crippen LogP contribution in [0.2, 0.25) is 0 Å². The van der Waals surface area contributed by atoms with Crippen LogP contribution in [0.25, 0.3) is 0 Å². The van der Waals surface area contributed by atoms with Crippen LogP contribution in [-0.4, -0.2) is 29.5 Å². The van der Waals surface area contributed by atoms with E-state index in [-0.39, 0.29) is 12.1 Å². The predicted octanol–water partition coefficient (Wildman–Crippen LogP) is 3.66. The fourth-order valence-corrected chi connectivity index (χ4v) is 3.74. The number of amides is 2. The minimum atomic E-state index is -0.200. The first kappa shape index (κ1) is 19.0. The molecule has 0 aliphatic heterocycles. The Kier molecular flexibility index (Phi) is 6.13. The number of aromatic nitrogens is 2. The first-order valence-corrected chi connectivity index (χ1v) is 9.65. The van der Waals surface area contributed by atoms with Gasteiger partial charge in [-0.1, -0.05) is 18.2 Å². The summed E-state index contributed by atoms with van der Waals surface area (Å²) in [5.41, 5.74) is 3.06. The van der Waals surface area contributed by atoms with E-state index in [9.17, 15) is 4.79 Å². The van der Waals surface area contributed by atoms with Crippen molar-refractivity contribution in [2.24, 2.45) is 0 Å². The van der Waals surface area contributed by atoms with Gasteiger partial charge in [0.1, 0.15) is 11.8 Å². The number of thiophene rings is 1. The van der Waals surface area contributed by atoms with Crippen molar-refractivity contribution in [3.05, 3.63) is 69.7 Å². The summed E-state index contributed by atoms with van der Waals surface area (Å²) in [6, 6.07) is 13.5. The van der Waals surface area contributed by atoms with Crippen molar-refractivity contribution in [3.8, 4) is 5.75 Å². The largest absolute Gasteiger partial charge is 0.497 e. The Bertz CT molecular complexity index is 872. The smallest absolute Gasteiger partial charge is 0.315 e. The Balaban J connectivity index is 1.59. The highest BCUT2D eigenvalue weighted by Gasteiger charge is 2.19. The molecule has 1 unspecified atom stereocenters. The summed E-state index contributed by atoms with van der Waals surface area (Å²) in [5, 5.41) is 12.5. The van der Waals surface area contributed by atoms with E-state index >= 15 is 0 Å². The van der Waals surface area contributed by atoms with Gasteiger partial charge in [0.15, 0.2) is 0 Å². The number of urea groups is 1. The van der Waals surface area contributed by atoms with Gasteiger partial charge in [0.25, 0.3) is 0 Å². The average molecular weight is 385 g/mol. The lowest BCUT2D eigenvalue weighted by Crippen LogP contribution is -2.38. The standard InChI is InChI=1S/C20H24N4O2S/c1-14-11-15(2)24(23-14)18(19-5-4-10-27-19)13-22-20(25)21-12-16-6-8-17(26-3)9-7-16/h4-11,18H,12-13H2,1-3H3,(H2,21,22,25). The van der Waals surface area contributed by atoms with Crippen molar-refractivity contribution < 1.29 is 9.53 Å². The molecule has 0 aliphatic rings. The molecule has 0 spiro atoms. The van der Waals surface area contributed by atoms with E-state index in [0.717, 1.165) is 27.6 Å². The number of ether oxygens (including phenoxy) is 1. The molecule has 3 rings (SSSR count). The van der Waals surface area contributed by atoms with Gasteiger partial charge in [-0.15, -0.1) is 11.3 Å². The number of nitrogens with zero attached hydrogens (tertiary/aromatic N) is 2. The number of hydrogen-bond acceptors (Lipinski definition) is 4. The molecule has 0 aliphatic carbocycles.